The molecule has 0 aliphatic rings. The van der Waals surface area contributed by atoms with Gasteiger partial charge in [0, 0.05) is 6.20 Å². The van der Waals surface area contributed by atoms with Crippen LogP contribution in [0.1, 0.15) is 22.0 Å². The molecule has 1 unspecified atom stereocenters. The average molecular weight is 363 g/mol. The van der Waals surface area contributed by atoms with Crippen LogP contribution in [0.4, 0.5) is 0 Å². The fraction of sp³-hybridized carbons (Fsp3) is 0.0500. The van der Waals surface area contributed by atoms with Gasteiger partial charge in [-0.25, -0.2) is 0 Å². The second kappa shape index (κ2) is 7.57. The summed E-state index contributed by atoms with van der Waals surface area (Å²) in [6, 6.07) is 13.0. The first-order valence-corrected chi connectivity index (χ1v) is 7.98. The molecule has 0 bridgehead atoms. The molecular formula is C20H15N2O5. The summed E-state index contributed by atoms with van der Waals surface area (Å²) >= 11 is 0. The molecule has 1 heterocycles. The van der Waals surface area contributed by atoms with Gasteiger partial charge >= 0.3 is 0 Å². The molecule has 4 N–H and O–H groups in total. The van der Waals surface area contributed by atoms with Crippen LogP contribution in [0.25, 0.3) is 11.1 Å². The average Bonchev–Trinajstić information content (AvgIpc) is 2.69. The van der Waals surface area contributed by atoms with Crippen molar-refractivity contribution in [1.29, 1.82) is 0 Å². The van der Waals surface area contributed by atoms with E-state index in [2.05, 4.69) is 10.3 Å². The number of H-pyrrole nitrogens is 1. The van der Waals surface area contributed by atoms with Crippen molar-refractivity contribution in [2.24, 2.45) is 0 Å². The third-order valence-corrected chi connectivity index (χ3v) is 3.98. The highest BCUT2D eigenvalue weighted by Gasteiger charge is 2.18. The predicted octanol–water partition coefficient (Wildman–Crippen LogP) is 2.03. The summed E-state index contributed by atoms with van der Waals surface area (Å²) in [6.07, 6.45) is 3.12. The maximum atomic E-state index is 12.5. The van der Waals surface area contributed by atoms with Crippen molar-refractivity contribution in [3.63, 3.8) is 0 Å². The Labute approximate surface area is 153 Å². The van der Waals surface area contributed by atoms with Gasteiger partial charge in [0.25, 0.3) is 11.5 Å². The summed E-state index contributed by atoms with van der Waals surface area (Å²) < 4.78 is 0. The number of hydrogen-bond acceptors (Lipinski definition) is 5. The number of aromatic amines is 1. The van der Waals surface area contributed by atoms with Gasteiger partial charge in [-0.3, -0.25) is 14.4 Å². The van der Waals surface area contributed by atoms with Gasteiger partial charge in [0.2, 0.25) is 6.29 Å². The molecule has 0 aliphatic heterocycles. The first kappa shape index (κ1) is 17.9. The number of carbonyl (C=O) groups excluding carboxylic acids is 2. The van der Waals surface area contributed by atoms with E-state index < -0.39 is 17.5 Å². The molecule has 27 heavy (non-hydrogen) atoms. The third-order valence-electron chi connectivity index (χ3n) is 3.98. The van der Waals surface area contributed by atoms with Crippen molar-refractivity contribution in [3.05, 3.63) is 82.3 Å². The first-order valence-electron chi connectivity index (χ1n) is 7.98. The lowest BCUT2D eigenvalue weighted by Crippen LogP contribution is -2.33. The van der Waals surface area contributed by atoms with Crippen LogP contribution in [0, 0.1) is 0 Å². The Balaban J connectivity index is 1.91. The Kier molecular flexibility index (Phi) is 5.03. The largest absolute Gasteiger partial charge is 0.504 e. The number of nitrogens with one attached hydrogen (secondary N) is 2. The topological polar surface area (TPSA) is 119 Å². The minimum absolute atomic E-state index is 0.198. The predicted molar refractivity (Wildman–Crippen MR) is 98.2 cm³/mol. The van der Waals surface area contributed by atoms with E-state index >= 15 is 0 Å². The maximum Gasteiger partial charge on any atom is 0.260 e. The number of aromatic hydroxyl groups is 2. The summed E-state index contributed by atoms with van der Waals surface area (Å²) in [5.41, 5.74) is 0.642. The van der Waals surface area contributed by atoms with Crippen LogP contribution in [0.5, 0.6) is 11.5 Å². The van der Waals surface area contributed by atoms with E-state index in [1.54, 1.807) is 36.6 Å². The van der Waals surface area contributed by atoms with Crippen molar-refractivity contribution < 1.29 is 19.8 Å². The van der Waals surface area contributed by atoms with Crippen molar-refractivity contribution in [1.82, 2.24) is 10.3 Å². The third kappa shape index (κ3) is 3.87. The van der Waals surface area contributed by atoms with Gasteiger partial charge in [-0.05, 0) is 34.9 Å². The molecule has 0 fully saturated rings. The van der Waals surface area contributed by atoms with E-state index in [1.807, 2.05) is 0 Å². The van der Waals surface area contributed by atoms with Crippen LogP contribution in [0.3, 0.4) is 0 Å². The fourth-order valence-corrected chi connectivity index (χ4v) is 2.56. The van der Waals surface area contributed by atoms with Gasteiger partial charge in [-0.1, -0.05) is 36.4 Å². The van der Waals surface area contributed by atoms with Crippen molar-refractivity contribution in [2.75, 3.05) is 0 Å². The van der Waals surface area contributed by atoms with E-state index in [1.165, 1.54) is 30.5 Å². The number of hydrogen-bond donors (Lipinski definition) is 4. The summed E-state index contributed by atoms with van der Waals surface area (Å²) in [5.74, 6) is -1.35. The monoisotopic (exact) mass is 363 g/mol. The zero-order valence-electron chi connectivity index (χ0n) is 14.0. The maximum absolute atomic E-state index is 12.5. The highest BCUT2D eigenvalue weighted by Crippen LogP contribution is 2.30. The number of pyridine rings is 1. The van der Waals surface area contributed by atoms with Crippen molar-refractivity contribution in [3.8, 4) is 22.6 Å². The van der Waals surface area contributed by atoms with Crippen LogP contribution in [-0.2, 0) is 4.79 Å². The molecule has 0 aliphatic carbocycles. The molecule has 1 atom stereocenters. The zero-order chi connectivity index (χ0) is 19.4. The number of amides is 1. The van der Waals surface area contributed by atoms with Crippen LogP contribution < -0.4 is 10.9 Å². The van der Waals surface area contributed by atoms with E-state index in [0.29, 0.717) is 16.7 Å². The Morgan fingerprint density at radius 3 is 2.41 bits per heavy atom. The Morgan fingerprint density at radius 1 is 1.00 bits per heavy atom. The van der Waals surface area contributed by atoms with Gasteiger partial charge in [0.15, 0.2) is 11.5 Å². The van der Waals surface area contributed by atoms with Crippen molar-refractivity contribution in [2.45, 2.75) is 6.04 Å². The van der Waals surface area contributed by atoms with Gasteiger partial charge in [0.05, 0.1) is 0 Å². The van der Waals surface area contributed by atoms with Crippen LogP contribution in [-0.4, -0.2) is 27.4 Å². The lowest BCUT2D eigenvalue weighted by molar-refractivity contribution is 0.0944. The second-order valence-corrected chi connectivity index (χ2v) is 5.77. The number of phenolic OH excluding ortho intramolecular Hbond substituents is 2. The minimum Gasteiger partial charge on any atom is -0.504 e. The smallest absolute Gasteiger partial charge is 0.260 e. The number of aromatic nitrogens is 1. The van der Waals surface area contributed by atoms with E-state index in [4.69, 9.17) is 0 Å². The summed E-state index contributed by atoms with van der Waals surface area (Å²) in [4.78, 5) is 38.3. The van der Waals surface area contributed by atoms with Crippen LogP contribution in [0.15, 0.2) is 65.6 Å². The molecule has 1 aromatic heterocycles. The number of rotatable bonds is 5. The highest BCUT2D eigenvalue weighted by atomic mass is 16.3. The molecule has 2 aromatic carbocycles. The molecule has 0 spiro atoms. The SMILES string of the molecule is O=[C]C(NC(=O)c1cc(-c2ccc(O)c(O)c2)c[nH]c1=O)c1ccccc1. The molecule has 1 amide bonds. The minimum atomic E-state index is -1.01. The quantitative estimate of drug-likeness (QED) is 0.517. The summed E-state index contributed by atoms with van der Waals surface area (Å²) in [7, 11) is 0. The number of carbonyl (C=O) groups is 1. The fourth-order valence-electron chi connectivity index (χ4n) is 2.56. The van der Waals surface area contributed by atoms with Crippen LogP contribution in [0.2, 0.25) is 0 Å². The first-order chi connectivity index (χ1) is 13.0. The lowest BCUT2D eigenvalue weighted by atomic mass is 10.0. The van der Waals surface area contributed by atoms with Gasteiger partial charge < -0.3 is 20.5 Å². The molecule has 7 heteroatoms. The Bertz CT molecular complexity index is 1040. The standard InChI is InChI=1S/C20H15N2O5/c23-11-16(12-4-2-1-3-5-12)22-20(27)15-8-14(10-21-19(15)26)13-6-7-17(24)18(25)9-13/h1-10,16,24-25H,(H,21,26)(H,22,27). The molecular weight excluding hydrogens is 348 g/mol. The molecule has 1 radical (unpaired) electrons. The molecule has 7 nitrogen and oxygen atoms in total. The highest BCUT2D eigenvalue weighted by molar-refractivity contribution is 5.96. The zero-order valence-corrected chi connectivity index (χ0v) is 14.0. The van der Waals surface area contributed by atoms with Crippen molar-refractivity contribution >= 4 is 12.2 Å². The van der Waals surface area contributed by atoms with E-state index in [0.717, 1.165) is 0 Å². The van der Waals surface area contributed by atoms with Gasteiger partial charge in [-0.2, -0.15) is 0 Å². The summed E-state index contributed by atoms with van der Waals surface area (Å²) in [5, 5.41) is 21.5. The lowest BCUT2D eigenvalue weighted by Gasteiger charge is -2.12. The Morgan fingerprint density at radius 2 is 1.74 bits per heavy atom. The molecule has 0 saturated carbocycles. The molecule has 0 saturated heterocycles. The molecule has 135 valence electrons. The number of benzene rings is 2. The Hall–Kier alpha value is -3.87. The van der Waals surface area contributed by atoms with Crippen LogP contribution >= 0.6 is 0 Å². The molecule has 3 aromatic rings. The van der Waals surface area contributed by atoms with Gasteiger partial charge in [0.1, 0.15) is 11.6 Å². The van der Waals surface area contributed by atoms with E-state index in [9.17, 15) is 24.6 Å². The van der Waals surface area contributed by atoms with Gasteiger partial charge in [-0.15, -0.1) is 0 Å². The molecule has 3 rings (SSSR count). The second-order valence-electron chi connectivity index (χ2n) is 5.77. The van der Waals surface area contributed by atoms with E-state index in [-0.39, 0.29) is 17.1 Å². The number of phenols is 2. The normalized spacial score (nSPS) is 11.6. The summed E-state index contributed by atoms with van der Waals surface area (Å²) in [6.45, 7) is 0.